The van der Waals surface area contributed by atoms with Crippen molar-refractivity contribution in [1.29, 1.82) is 0 Å². The number of hydrazine groups is 1. The Bertz CT molecular complexity index is 601. The summed E-state index contributed by atoms with van der Waals surface area (Å²) in [4.78, 5) is 16.3. The van der Waals surface area contributed by atoms with Gasteiger partial charge in [0.15, 0.2) is 0 Å². The van der Waals surface area contributed by atoms with Gasteiger partial charge in [-0.15, -0.1) is 0 Å². The van der Waals surface area contributed by atoms with Crippen molar-refractivity contribution in [1.82, 2.24) is 10.3 Å². The fraction of sp³-hybridized carbons (Fsp3) is 0.286. The van der Waals surface area contributed by atoms with Gasteiger partial charge in [0.05, 0.1) is 0 Å². The Kier molecular flexibility index (Phi) is 4.86. The number of anilines is 1. The van der Waals surface area contributed by atoms with Crippen molar-refractivity contribution < 1.29 is 9.53 Å². The summed E-state index contributed by atoms with van der Waals surface area (Å²) in [5.41, 5.74) is 2.87. The molecule has 0 saturated carbocycles. The lowest BCUT2D eigenvalue weighted by Gasteiger charge is -2.09. The van der Waals surface area contributed by atoms with Crippen LogP contribution < -0.4 is 16.6 Å². The smallest absolute Gasteiger partial charge is 0.269 e. The summed E-state index contributed by atoms with van der Waals surface area (Å²) in [7, 11) is 1.63. The third-order valence-corrected chi connectivity index (χ3v) is 2.92. The molecule has 0 unspecified atom stereocenters. The fourth-order valence-corrected chi connectivity index (χ4v) is 1.93. The molecule has 0 atom stereocenters. The van der Waals surface area contributed by atoms with Crippen LogP contribution in [-0.4, -0.2) is 31.2 Å². The molecule has 0 aliphatic heterocycles. The van der Waals surface area contributed by atoms with Crippen LogP contribution in [-0.2, 0) is 4.74 Å². The molecule has 0 aliphatic carbocycles. The number of nitrogens with one attached hydrogen (secondary N) is 2. The zero-order valence-electron chi connectivity index (χ0n) is 11.3. The fourth-order valence-electron chi connectivity index (χ4n) is 1.93. The number of carbonyl (C=O) groups is 1. The van der Waals surface area contributed by atoms with Crippen molar-refractivity contribution in [3.05, 3.63) is 36.0 Å². The highest BCUT2D eigenvalue weighted by Crippen LogP contribution is 2.21. The highest BCUT2D eigenvalue weighted by Gasteiger charge is 2.11. The van der Waals surface area contributed by atoms with E-state index in [-0.39, 0.29) is 5.91 Å². The lowest BCUT2D eigenvalue weighted by Crippen LogP contribution is -2.26. The summed E-state index contributed by atoms with van der Waals surface area (Å²) in [5, 5.41) is 4.59. The van der Waals surface area contributed by atoms with Crippen LogP contribution in [0.2, 0.25) is 0 Å². The second-order valence-electron chi connectivity index (χ2n) is 4.32. The number of benzene rings is 1. The number of amides is 1. The van der Waals surface area contributed by atoms with Crippen LogP contribution in [0.15, 0.2) is 30.3 Å². The molecule has 1 heterocycles. The number of rotatable bonds is 6. The summed E-state index contributed by atoms with van der Waals surface area (Å²) >= 11 is 0. The van der Waals surface area contributed by atoms with Gasteiger partial charge in [-0.2, -0.15) is 0 Å². The lowest BCUT2D eigenvalue weighted by molar-refractivity contribution is 0.0944. The van der Waals surface area contributed by atoms with Crippen molar-refractivity contribution in [3.63, 3.8) is 0 Å². The number of hydrogen-bond acceptors (Lipinski definition) is 5. The number of ether oxygens (including phenoxy) is 1. The zero-order valence-corrected chi connectivity index (χ0v) is 11.3. The van der Waals surface area contributed by atoms with Crippen LogP contribution in [0.3, 0.4) is 0 Å². The largest absolute Gasteiger partial charge is 0.385 e. The van der Waals surface area contributed by atoms with Gasteiger partial charge in [-0.3, -0.25) is 4.79 Å². The predicted octanol–water partition coefficient (Wildman–Crippen LogP) is 1.29. The van der Waals surface area contributed by atoms with Crippen LogP contribution in [0, 0.1) is 0 Å². The van der Waals surface area contributed by atoms with E-state index in [0.29, 0.717) is 24.7 Å². The summed E-state index contributed by atoms with van der Waals surface area (Å²) in [6.07, 6.45) is 0.762. The molecule has 0 fully saturated rings. The van der Waals surface area contributed by atoms with E-state index < -0.39 is 0 Å². The molecule has 106 valence electrons. The van der Waals surface area contributed by atoms with Crippen molar-refractivity contribution in [2.45, 2.75) is 6.42 Å². The van der Waals surface area contributed by atoms with Gasteiger partial charge >= 0.3 is 0 Å². The number of hydrogen-bond donors (Lipinski definition) is 3. The number of nitrogen functional groups attached to an aromatic ring is 1. The second-order valence-corrected chi connectivity index (χ2v) is 4.32. The Morgan fingerprint density at radius 2 is 2.20 bits per heavy atom. The van der Waals surface area contributed by atoms with E-state index >= 15 is 0 Å². The molecule has 4 N–H and O–H groups in total. The van der Waals surface area contributed by atoms with E-state index in [4.69, 9.17) is 10.6 Å². The molecule has 20 heavy (non-hydrogen) atoms. The van der Waals surface area contributed by atoms with Crippen LogP contribution in [0.5, 0.6) is 0 Å². The molecule has 1 aromatic carbocycles. The van der Waals surface area contributed by atoms with Gasteiger partial charge in [0.25, 0.3) is 5.91 Å². The average Bonchev–Trinajstić information content (AvgIpc) is 2.50. The SMILES string of the molecule is COCCCNC(=O)c1cc2ccccc2c(NN)n1. The van der Waals surface area contributed by atoms with E-state index in [1.54, 1.807) is 13.2 Å². The molecule has 6 heteroatoms. The maximum Gasteiger partial charge on any atom is 0.269 e. The van der Waals surface area contributed by atoms with Gasteiger partial charge in [-0.05, 0) is 17.9 Å². The molecule has 0 spiro atoms. The van der Waals surface area contributed by atoms with E-state index in [2.05, 4.69) is 15.7 Å². The van der Waals surface area contributed by atoms with Crippen LogP contribution >= 0.6 is 0 Å². The van der Waals surface area contributed by atoms with Crippen molar-refractivity contribution >= 4 is 22.5 Å². The Morgan fingerprint density at radius 1 is 1.40 bits per heavy atom. The molecule has 0 aliphatic rings. The quantitative estimate of drug-likeness (QED) is 0.419. The van der Waals surface area contributed by atoms with E-state index in [1.165, 1.54) is 0 Å². The third kappa shape index (κ3) is 3.23. The van der Waals surface area contributed by atoms with Gasteiger partial charge < -0.3 is 15.5 Å². The number of pyridine rings is 1. The molecule has 0 bridgehead atoms. The van der Waals surface area contributed by atoms with Crippen molar-refractivity contribution in [3.8, 4) is 0 Å². The number of carbonyl (C=O) groups excluding carboxylic acids is 1. The summed E-state index contributed by atoms with van der Waals surface area (Å²) in [6.45, 7) is 1.16. The molecular weight excluding hydrogens is 256 g/mol. The number of nitrogens with zero attached hydrogens (tertiary/aromatic N) is 1. The maximum atomic E-state index is 12.0. The van der Waals surface area contributed by atoms with Crippen LogP contribution in [0.1, 0.15) is 16.9 Å². The molecule has 2 aromatic rings. The zero-order chi connectivity index (χ0) is 14.4. The Labute approximate surface area is 117 Å². The minimum absolute atomic E-state index is 0.219. The first kappa shape index (κ1) is 14.2. The van der Waals surface area contributed by atoms with Gasteiger partial charge in [0.1, 0.15) is 11.5 Å². The molecular formula is C14H18N4O2. The summed E-state index contributed by atoms with van der Waals surface area (Å²) in [5.74, 6) is 5.74. The van der Waals surface area contributed by atoms with Gasteiger partial charge in [0.2, 0.25) is 0 Å². The van der Waals surface area contributed by atoms with E-state index in [0.717, 1.165) is 17.2 Å². The van der Waals surface area contributed by atoms with E-state index in [9.17, 15) is 4.79 Å². The predicted molar refractivity (Wildman–Crippen MR) is 78.4 cm³/mol. The Hall–Kier alpha value is -2.18. The number of fused-ring (bicyclic) bond motifs is 1. The maximum absolute atomic E-state index is 12.0. The van der Waals surface area contributed by atoms with Crippen molar-refractivity contribution in [2.24, 2.45) is 5.84 Å². The molecule has 0 radical (unpaired) electrons. The first-order valence-electron chi connectivity index (χ1n) is 6.40. The minimum atomic E-state index is -0.219. The standard InChI is InChI=1S/C14H18N4O2/c1-20-8-4-7-16-14(19)12-9-10-5-2-3-6-11(10)13(17-12)18-15/h2-3,5-6,9H,4,7-8,15H2,1H3,(H,16,19)(H,17,18). The summed E-state index contributed by atoms with van der Waals surface area (Å²) < 4.78 is 4.93. The first-order chi connectivity index (χ1) is 9.76. The van der Waals surface area contributed by atoms with Gasteiger partial charge in [-0.1, -0.05) is 24.3 Å². The second kappa shape index (κ2) is 6.83. The first-order valence-corrected chi connectivity index (χ1v) is 6.40. The molecule has 6 nitrogen and oxygen atoms in total. The highest BCUT2D eigenvalue weighted by molar-refractivity contribution is 6.00. The van der Waals surface area contributed by atoms with Gasteiger partial charge in [-0.25, -0.2) is 10.8 Å². The Morgan fingerprint density at radius 3 is 2.95 bits per heavy atom. The number of aromatic nitrogens is 1. The van der Waals surface area contributed by atoms with Crippen LogP contribution in [0.4, 0.5) is 5.82 Å². The third-order valence-electron chi connectivity index (χ3n) is 2.92. The minimum Gasteiger partial charge on any atom is -0.385 e. The number of nitrogens with two attached hydrogens (primary N) is 1. The van der Waals surface area contributed by atoms with Gasteiger partial charge in [0, 0.05) is 25.6 Å². The number of methoxy groups -OCH3 is 1. The Balaban J connectivity index is 2.19. The normalized spacial score (nSPS) is 10.5. The average molecular weight is 274 g/mol. The van der Waals surface area contributed by atoms with Crippen LogP contribution in [0.25, 0.3) is 10.8 Å². The van der Waals surface area contributed by atoms with Crippen molar-refractivity contribution in [2.75, 3.05) is 25.7 Å². The summed E-state index contributed by atoms with van der Waals surface area (Å²) in [6, 6.07) is 9.37. The topological polar surface area (TPSA) is 89.3 Å². The monoisotopic (exact) mass is 274 g/mol. The van der Waals surface area contributed by atoms with E-state index in [1.807, 2.05) is 24.3 Å². The molecule has 0 saturated heterocycles. The molecule has 2 rings (SSSR count). The molecule has 1 aromatic heterocycles. The lowest BCUT2D eigenvalue weighted by atomic mass is 10.1. The highest BCUT2D eigenvalue weighted by atomic mass is 16.5. The molecule has 1 amide bonds.